The number of carboxylic acids is 1. The molecule has 10 nitrogen and oxygen atoms in total. The number of aliphatic hydroxyl groups is 1. The lowest BCUT2D eigenvalue weighted by Crippen LogP contribution is -2.31. The molecule has 1 aliphatic heterocycles. The van der Waals surface area contributed by atoms with Crippen molar-refractivity contribution in [3.8, 4) is 11.4 Å². The van der Waals surface area contributed by atoms with Gasteiger partial charge in [-0.05, 0) is 42.5 Å². The van der Waals surface area contributed by atoms with Gasteiger partial charge in [0, 0.05) is 17.8 Å². The summed E-state index contributed by atoms with van der Waals surface area (Å²) in [6, 6.07) is 11.7. The Balaban J connectivity index is 1.58. The summed E-state index contributed by atoms with van der Waals surface area (Å²) in [5.74, 6) is -1.45. The molecule has 3 aromatic rings. The van der Waals surface area contributed by atoms with Crippen LogP contribution in [0.5, 0.6) is 0 Å². The Morgan fingerprint density at radius 2 is 1.97 bits per heavy atom. The Morgan fingerprint density at radius 1 is 1.22 bits per heavy atom. The highest BCUT2D eigenvalue weighted by Crippen LogP contribution is 2.26. The van der Waals surface area contributed by atoms with E-state index < -0.39 is 17.8 Å². The zero-order valence-corrected chi connectivity index (χ0v) is 17.1. The number of hydrogen-bond donors (Lipinski definition) is 4. The Bertz CT molecular complexity index is 1250. The number of aromatic amines is 1. The number of β-amino-alcohol motifs (C(OH)–C–C–N with tert-alkyl or cyclic N) is 1. The summed E-state index contributed by atoms with van der Waals surface area (Å²) in [4.78, 5) is 44.8. The summed E-state index contributed by atoms with van der Waals surface area (Å²) >= 11 is 0. The predicted octanol–water partition coefficient (Wildman–Crippen LogP) is 1.60. The van der Waals surface area contributed by atoms with Gasteiger partial charge in [-0.2, -0.15) is 0 Å². The number of benzene rings is 2. The van der Waals surface area contributed by atoms with Crippen molar-refractivity contribution in [1.82, 2.24) is 14.9 Å². The molecule has 0 aliphatic carbocycles. The molecular formula is C22H20N4O6. The van der Waals surface area contributed by atoms with Gasteiger partial charge in [-0.3, -0.25) is 4.79 Å². The van der Waals surface area contributed by atoms with Gasteiger partial charge < -0.3 is 30.2 Å². The third-order valence-corrected chi connectivity index (χ3v) is 5.11. The number of aromatic nitrogens is 2. The highest BCUT2D eigenvalue weighted by molar-refractivity contribution is 6.08. The van der Waals surface area contributed by atoms with Crippen LogP contribution in [-0.4, -0.2) is 69.7 Å². The molecule has 1 amide bonds. The second-order valence-corrected chi connectivity index (χ2v) is 7.12. The summed E-state index contributed by atoms with van der Waals surface area (Å²) in [5.41, 5.74) is 3.05. The van der Waals surface area contributed by atoms with E-state index in [2.05, 4.69) is 15.3 Å². The van der Waals surface area contributed by atoms with Gasteiger partial charge >= 0.3 is 11.9 Å². The zero-order valence-electron chi connectivity index (χ0n) is 17.1. The van der Waals surface area contributed by atoms with Crippen molar-refractivity contribution < 1.29 is 29.3 Å². The van der Waals surface area contributed by atoms with Crippen molar-refractivity contribution in [2.75, 3.05) is 32.1 Å². The van der Waals surface area contributed by atoms with E-state index >= 15 is 0 Å². The molecule has 0 bridgehead atoms. The Morgan fingerprint density at radius 3 is 2.62 bits per heavy atom. The van der Waals surface area contributed by atoms with E-state index in [9.17, 15) is 14.4 Å². The van der Waals surface area contributed by atoms with Crippen LogP contribution in [0.2, 0.25) is 0 Å². The van der Waals surface area contributed by atoms with Crippen LogP contribution in [0.1, 0.15) is 10.4 Å². The number of fused-ring (bicyclic) bond motifs is 1. The maximum atomic E-state index is 12.6. The Labute approximate surface area is 182 Å². The minimum atomic E-state index is -1.02. The molecular weight excluding hydrogens is 416 g/mol. The molecule has 0 spiro atoms. The second kappa shape index (κ2) is 8.52. The molecule has 4 N–H and O–H groups in total. The fourth-order valence-corrected chi connectivity index (χ4v) is 3.48. The molecule has 0 fully saturated rings. The molecule has 1 aliphatic rings. The van der Waals surface area contributed by atoms with Gasteiger partial charge in [0.15, 0.2) is 0 Å². The number of carbonyl (C=O) groups is 3. The smallest absolute Gasteiger partial charge is 0.337 e. The first-order chi connectivity index (χ1) is 15.4. The number of H-pyrrole nitrogens is 1. The summed E-state index contributed by atoms with van der Waals surface area (Å²) in [6.45, 7) is -0.0451. The molecule has 1 aromatic heterocycles. The molecule has 0 saturated heterocycles. The van der Waals surface area contributed by atoms with Gasteiger partial charge in [-0.15, -0.1) is 0 Å². The van der Waals surface area contributed by atoms with Gasteiger partial charge in [0.2, 0.25) is 0 Å². The maximum absolute atomic E-state index is 12.6. The Kier molecular flexibility index (Phi) is 5.61. The minimum absolute atomic E-state index is 0.0593. The van der Waals surface area contributed by atoms with Crippen LogP contribution in [0.15, 0.2) is 53.7 Å². The predicted molar refractivity (Wildman–Crippen MR) is 115 cm³/mol. The number of esters is 1. The number of aliphatic hydroxyl groups excluding tert-OH is 1. The van der Waals surface area contributed by atoms with Crippen molar-refractivity contribution in [3.63, 3.8) is 0 Å². The summed E-state index contributed by atoms with van der Waals surface area (Å²) in [5, 5.41) is 21.3. The quantitative estimate of drug-likeness (QED) is 0.409. The van der Waals surface area contributed by atoms with E-state index in [4.69, 9.17) is 14.9 Å². The van der Waals surface area contributed by atoms with Gasteiger partial charge in [-0.25, -0.2) is 14.6 Å². The molecule has 164 valence electrons. The van der Waals surface area contributed by atoms with E-state index in [0.29, 0.717) is 22.5 Å². The van der Waals surface area contributed by atoms with Crippen molar-refractivity contribution in [3.05, 3.63) is 59.3 Å². The zero-order chi connectivity index (χ0) is 22.8. The molecule has 10 heteroatoms. The fraction of sp³-hybridized carbons (Fsp3) is 0.182. The molecule has 32 heavy (non-hydrogen) atoms. The average molecular weight is 436 g/mol. The number of anilines is 1. The summed E-state index contributed by atoms with van der Waals surface area (Å²) in [7, 11) is 1.24. The van der Waals surface area contributed by atoms with Crippen LogP contribution >= 0.6 is 0 Å². The van der Waals surface area contributed by atoms with Crippen LogP contribution in [0.3, 0.4) is 0 Å². The number of aromatic carboxylic acids is 1. The molecule has 0 unspecified atom stereocenters. The van der Waals surface area contributed by atoms with Gasteiger partial charge in [0.05, 0.1) is 42.4 Å². The summed E-state index contributed by atoms with van der Waals surface area (Å²) in [6.07, 6.45) is 0. The van der Waals surface area contributed by atoms with Crippen LogP contribution in [0, 0.1) is 0 Å². The van der Waals surface area contributed by atoms with Crippen LogP contribution in [0.25, 0.3) is 22.4 Å². The molecule has 2 aromatic carbocycles. The lowest BCUT2D eigenvalue weighted by atomic mass is 10.2. The van der Waals surface area contributed by atoms with E-state index in [1.807, 2.05) is 0 Å². The van der Waals surface area contributed by atoms with E-state index in [0.717, 1.165) is 5.56 Å². The van der Waals surface area contributed by atoms with E-state index in [1.54, 1.807) is 30.3 Å². The number of nitrogens with zero attached hydrogens (tertiary/aromatic N) is 2. The number of hydrogen-bond acceptors (Lipinski definition) is 7. The van der Waals surface area contributed by atoms with Gasteiger partial charge in [0.1, 0.15) is 11.5 Å². The molecule has 0 atom stereocenters. The first-order valence-corrected chi connectivity index (χ1v) is 9.73. The van der Waals surface area contributed by atoms with E-state index in [1.165, 1.54) is 24.1 Å². The van der Waals surface area contributed by atoms with Gasteiger partial charge in [-0.1, -0.05) is 0 Å². The first-order valence-electron chi connectivity index (χ1n) is 9.73. The lowest BCUT2D eigenvalue weighted by molar-refractivity contribution is -0.136. The topological polar surface area (TPSA) is 145 Å². The fourth-order valence-electron chi connectivity index (χ4n) is 3.48. The standard InChI is InChI=1S/C22H20N4O6/c1-32-22(31)15-11-26(8-9-27)20(28)18(15)23-14-5-2-12(3-6-14)19-24-16-7-4-13(21(29)30)10-17(16)25-19/h2-7,10,23,27H,8-9,11H2,1H3,(H,24,25)(H,29,30). The van der Waals surface area contributed by atoms with E-state index in [-0.39, 0.29) is 36.5 Å². The molecule has 2 heterocycles. The van der Waals surface area contributed by atoms with Crippen LogP contribution in [0.4, 0.5) is 5.69 Å². The second-order valence-electron chi connectivity index (χ2n) is 7.12. The third kappa shape index (κ3) is 3.91. The number of imidazole rings is 1. The minimum Gasteiger partial charge on any atom is -0.478 e. The number of methoxy groups -OCH3 is 1. The monoisotopic (exact) mass is 436 g/mol. The highest BCUT2D eigenvalue weighted by atomic mass is 16.5. The number of amides is 1. The largest absolute Gasteiger partial charge is 0.478 e. The number of rotatable bonds is 7. The summed E-state index contributed by atoms with van der Waals surface area (Å²) < 4.78 is 4.78. The highest BCUT2D eigenvalue weighted by Gasteiger charge is 2.34. The third-order valence-electron chi connectivity index (χ3n) is 5.11. The first kappa shape index (κ1) is 21.1. The molecule has 0 saturated carbocycles. The number of carbonyl (C=O) groups excluding carboxylic acids is 2. The molecule has 4 rings (SSSR count). The number of ether oxygens (including phenoxy) is 1. The van der Waals surface area contributed by atoms with Crippen molar-refractivity contribution in [2.45, 2.75) is 0 Å². The van der Waals surface area contributed by atoms with Crippen molar-refractivity contribution >= 4 is 34.6 Å². The normalized spacial score (nSPS) is 13.7. The van der Waals surface area contributed by atoms with Crippen LogP contribution < -0.4 is 5.32 Å². The van der Waals surface area contributed by atoms with Crippen molar-refractivity contribution in [2.24, 2.45) is 0 Å². The maximum Gasteiger partial charge on any atom is 0.337 e. The lowest BCUT2D eigenvalue weighted by Gasteiger charge is -2.15. The Hall–Kier alpha value is -4.18. The number of carboxylic acid groups (broad SMARTS) is 1. The SMILES string of the molecule is COC(=O)C1=C(Nc2ccc(-c3nc4ccc(C(=O)O)cc4[nH]3)cc2)C(=O)N(CCO)C1. The van der Waals surface area contributed by atoms with Crippen molar-refractivity contribution in [1.29, 1.82) is 0 Å². The average Bonchev–Trinajstić information content (AvgIpc) is 3.35. The van der Waals surface area contributed by atoms with Crippen LogP contribution in [-0.2, 0) is 14.3 Å². The molecule has 0 radical (unpaired) electrons. The number of nitrogens with one attached hydrogen (secondary N) is 2. The van der Waals surface area contributed by atoms with Gasteiger partial charge in [0.25, 0.3) is 5.91 Å².